The fraction of sp³-hybridized carbons (Fsp3) is 0.176. The number of rotatable bonds is 4. The first-order valence-electron chi connectivity index (χ1n) is 7.88. The highest BCUT2D eigenvalue weighted by molar-refractivity contribution is 7.19. The van der Waals surface area contributed by atoms with E-state index in [1.807, 2.05) is 6.92 Å². The molecule has 1 aromatic carbocycles. The zero-order chi connectivity index (χ0) is 18.1. The normalized spacial score (nSPS) is 13.8. The summed E-state index contributed by atoms with van der Waals surface area (Å²) < 4.78 is 18.0. The van der Waals surface area contributed by atoms with Crippen LogP contribution in [0.1, 0.15) is 5.69 Å². The minimum atomic E-state index is -0.383. The van der Waals surface area contributed by atoms with Gasteiger partial charge in [0.2, 0.25) is 5.95 Å². The molecule has 1 amide bonds. The van der Waals surface area contributed by atoms with Gasteiger partial charge in [0.25, 0.3) is 0 Å². The lowest BCUT2D eigenvalue weighted by atomic mass is 10.3. The van der Waals surface area contributed by atoms with Crippen molar-refractivity contribution in [1.82, 2.24) is 15.0 Å². The average molecular weight is 371 g/mol. The fourth-order valence-electron chi connectivity index (χ4n) is 2.51. The van der Waals surface area contributed by atoms with Crippen molar-refractivity contribution in [3.8, 4) is 10.6 Å². The molecular formula is C17H14FN5O2S. The topological polar surface area (TPSA) is 80.2 Å². The molecule has 1 fully saturated rings. The molecule has 0 bridgehead atoms. The van der Waals surface area contributed by atoms with Crippen LogP contribution in [0.25, 0.3) is 10.6 Å². The number of hydrogen-bond donors (Lipinski definition) is 1. The quantitative estimate of drug-likeness (QED) is 0.752. The number of nitrogens with one attached hydrogen (secondary N) is 1. The fourth-order valence-corrected chi connectivity index (χ4v) is 3.56. The Morgan fingerprint density at radius 1 is 1.23 bits per heavy atom. The van der Waals surface area contributed by atoms with Gasteiger partial charge in [-0.3, -0.25) is 0 Å². The van der Waals surface area contributed by atoms with Crippen molar-refractivity contribution in [2.75, 3.05) is 23.4 Å². The van der Waals surface area contributed by atoms with Gasteiger partial charge in [-0.15, -0.1) is 0 Å². The van der Waals surface area contributed by atoms with Crippen molar-refractivity contribution in [3.63, 3.8) is 0 Å². The minimum absolute atomic E-state index is 0.307. The molecule has 3 heterocycles. The molecule has 1 aliphatic rings. The molecule has 0 spiro atoms. The highest BCUT2D eigenvalue weighted by atomic mass is 32.1. The first-order chi connectivity index (χ1) is 12.6. The average Bonchev–Trinajstić information content (AvgIpc) is 3.23. The minimum Gasteiger partial charge on any atom is -0.447 e. The number of ether oxygens (including phenoxy) is 1. The molecule has 2 aromatic heterocycles. The number of thiazole rings is 1. The Bertz CT molecular complexity index is 960. The number of aromatic nitrogens is 3. The smallest absolute Gasteiger partial charge is 0.416 e. The highest BCUT2D eigenvalue weighted by Crippen LogP contribution is 2.34. The van der Waals surface area contributed by atoms with Gasteiger partial charge in [-0.05, 0) is 37.3 Å². The Morgan fingerprint density at radius 2 is 2.04 bits per heavy atom. The second-order valence-corrected chi connectivity index (χ2v) is 6.55. The third-order valence-corrected chi connectivity index (χ3v) is 4.97. The van der Waals surface area contributed by atoms with Gasteiger partial charge in [0.15, 0.2) is 5.13 Å². The maximum absolute atomic E-state index is 13.0. The summed E-state index contributed by atoms with van der Waals surface area (Å²) in [6, 6.07) is 7.73. The summed E-state index contributed by atoms with van der Waals surface area (Å²) in [5.74, 6) is 0.0857. The van der Waals surface area contributed by atoms with Crippen molar-refractivity contribution >= 4 is 34.2 Å². The molecule has 4 rings (SSSR count). The maximum Gasteiger partial charge on any atom is 0.416 e. The van der Waals surface area contributed by atoms with E-state index in [1.165, 1.54) is 28.4 Å². The third kappa shape index (κ3) is 3.21. The van der Waals surface area contributed by atoms with Crippen LogP contribution in [0.5, 0.6) is 0 Å². The van der Waals surface area contributed by atoms with Crippen LogP contribution in [0.15, 0.2) is 36.5 Å². The van der Waals surface area contributed by atoms with Crippen LogP contribution in [0.3, 0.4) is 0 Å². The van der Waals surface area contributed by atoms with E-state index in [-0.39, 0.29) is 11.9 Å². The molecule has 7 nitrogen and oxygen atoms in total. The lowest BCUT2D eigenvalue weighted by Gasteiger charge is -2.07. The first kappa shape index (κ1) is 16.4. The number of halogens is 1. The van der Waals surface area contributed by atoms with E-state index in [9.17, 15) is 9.18 Å². The molecule has 132 valence electrons. The number of nitrogens with zero attached hydrogens (tertiary/aromatic N) is 4. The van der Waals surface area contributed by atoms with Gasteiger partial charge >= 0.3 is 6.09 Å². The van der Waals surface area contributed by atoms with Gasteiger partial charge in [-0.1, -0.05) is 11.3 Å². The monoisotopic (exact) mass is 371 g/mol. The molecule has 3 aromatic rings. The van der Waals surface area contributed by atoms with Gasteiger partial charge < -0.3 is 10.1 Å². The second kappa shape index (κ2) is 6.68. The first-order valence-corrected chi connectivity index (χ1v) is 8.69. The molecule has 0 saturated carbocycles. The number of benzene rings is 1. The van der Waals surface area contributed by atoms with E-state index in [4.69, 9.17) is 4.74 Å². The standard InChI is InChI=1S/C17H14FN5O2S/c1-10-14(26-16(20-10)23-8-9-25-17(23)24)13-6-7-19-15(22-13)21-12-4-2-11(18)3-5-12/h2-7H,8-9H2,1H3,(H,19,21,22). The Kier molecular flexibility index (Phi) is 4.21. The lowest BCUT2D eigenvalue weighted by molar-refractivity contribution is 0.181. The predicted molar refractivity (Wildman–Crippen MR) is 96.3 cm³/mol. The van der Waals surface area contributed by atoms with E-state index in [2.05, 4.69) is 20.3 Å². The lowest BCUT2D eigenvalue weighted by Crippen LogP contribution is -2.22. The zero-order valence-corrected chi connectivity index (χ0v) is 14.6. The van der Waals surface area contributed by atoms with Crippen LogP contribution in [0, 0.1) is 12.7 Å². The van der Waals surface area contributed by atoms with Crippen LogP contribution in [0.2, 0.25) is 0 Å². The number of aryl methyl sites for hydroxylation is 1. The predicted octanol–water partition coefficient (Wildman–Crippen LogP) is 3.75. The van der Waals surface area contributed by atoms with Crippen molar-refractivity contribution in [3.05, 3.63) is 48.0 Å². The van der Waals surface area contributed by atoms with E-state index in [1.54, 1.807) is 24.4 Å². The number of anilines is 3. The maximum atomic E-state index is 13.0. The zero-order valence-electron chi connectivity index (χ0n) is 13.8. The van der Waals surface area contributed by atoms with Crippen molar-refractivity contribution < 1.29 is 13.9 Å². The molecule has 0 radical (unpaired) electrons. The summed E-state index contributed by atoms with van der Waals surface area (Å²) in [5, 5.41) is 3.63. The summed E-state index contributed by atoms with van der Waals surface area (Å²) in [6.07, 6.45) is 1.25. The summed E-state index contributed by atoms with van der Waals surface area (Å²) in [7, 11) is 0. The molecular weight excluding hydrogens is 357 g/mol. The molecule has 0 aliphatic carbocycles. The second-order valence-electron chi connectivity index (χ2n) is 5.57. The van der Waals surface area contributed by atoms with E-state index >= 15 is 0 Å². The number of cyclic esters (lactones) is 1. The molecule has 0 atom stereocenters. The Labute approximate surface area is 152 Å². The molecule has 26 heavy (non-hydrogen) atoms. The Hall–Kier alpha value is -3.07. The SMILES string of the molecule is Cc1nc(N2CCOC2=O)sc1-c1ccnc(Nc2ccc(F)cc2)n1. The van der Waals surface area contributed by atoms with Gasteiger partial charge in [0, 0.05) is 11.9 Å². The van der Waals surface area contributed by atoms with E-state index < -0.39 is 0 Å². The van der Waals surface area contributed by atoms with Crippen molar-refractivity contribution in [2.24, 2.45) is 0 Å². The van der Waals surface area contributed by atoms with E-state index in [0.717, 1.165) is 10.6 Å². The Morgan fingerprint density at radius 3 is 2.77 bits per heavy atom. The summed E-state index contributed by atoms with van der Waals surface area (Å²) in [6.45, 7) is 2.73. The number of amides is 1. The van der Waals surface area contributed by atoms with E-state index in [0.29, 0.717) is 35.6 Å². The van der Waals surface area contributed by atoms with Crippen LogP contribution in [-0.2, 0) is 4.74 Å². The van der Waals surface area contributed by atoms with Gasteiger partial charge in [0.1, 0.15) is 12.4 Å². The van der Waals surface area contributed by atoms with Gasteiger partial charge in [0.05, 0.1) is 22.8 Å². The molecule has 0 unspecified atom stereocenters. The van der Waals surface area contributed by atoms with Gasteiger partial charge in [-0.25, -0.2) is 29.0 Å². The van der Waals surface area contributed by atoms with Crippen LogP contribution in [0.4, 0.5) is 26.0 Å². The summed E-state index contributed by atoms with van der Waals surface area (Å²) in [5.41, 5.74) is 2.15. The molecule has 1 saturated heterocycles. The third-order valence-electron chi connectivity index (χ3n) is 3.77. The van der Waals surface area contributed by atoms with Crippen LogP contribution >= 0.6 is 11.3 Å². The number of hydrogen-bond acceptors (Lipinski definition) is 7. The summed E-state index contributed by atoms with van der Waals surface area (Å²) in [4.78, 5) is 27.2. The van der Waals surface area contributed by atoms with Crippen molar-refractivity contribution in [2.45, 2.75) is 6.92 Å². The molecule has 9 heteroatoms. The Balaban J connectivity index is 1.61. The van der Waals surface area contributed by atoms with Crippen molar-refractivity contribution in [1.29, 1.82) is 0 Å². The van der Waals surface area contributed by atoms with Crippen LogP contribution in [-0.4, -0.2) is 34.2 Å². The van der Waals surface area contributed by atoms with Crippen LogP contribution < -0.4 is 10.2 Å². The highest BCUT2D eigenvalue weighted by Gasteiger charge is 2.27. The molecule has 1 aliphatic heterocycles. The number of carbonyl (C=O) groups is 1. The number of carbonyl (C=O) groups excluding carboxylic acids is 1. The van der Waals surface area contributed by atoms with Gasteiger partial charge in [-0.2, -0.15) is 0 Å². The largest absolute Gasteiger partial charge is 0.447 e. The summed E-state index contributed by atoms with van der Waals surface area (Å²) >= 11 is 1.38. The molecule has 1 N–H and O–H groups in total.